The van der Waals surface area contributed by atoms with E-state index in [1.165, 1.54) is 31.4 Å². The molecule has 1 aromatic heterocycles. The molecule has 2 fully saturated rings. The molecule has 0 saturated heterocycles. The Balaban J connectivity index is 1.60. The van der Waals surface area contributed by atoms with Crippen molar-refractivity contribution in [3.05, 3.63) is 24.3 Å². The van der Waals surface area contributed by atoms with Gasteiger partial charge in [0.2, 0.25) is 11.8 Å². The number of carbonyl (C=O) groups excluding carboxylic acids is 3. The van der Waals surface area contributed by atoms with Gasteiger partial charge in [0.1, 0.15) is 11.7 Å². The maximum absolute atomic E-state index is 12.9. The Labute approximate surface area is 171 Å². The van der Waals surface area contributed by atoms with E-state index in [0.29, 0.717) is 12.5 Å². The van der Waals surface area contributed by atoms with E-state index in [4.69, 9.17) is 0 Å². The summed E-state index contributed by atoms with van der Waals surface area (Å²) >= 11 is 0. The van der Waals surface area contributed by atoms with E-state index in [1.807, 2.05) is 6.92 Å². The van der Waals surface area contributed by atoms with Gasteiger partial charge in [-0.15, -0.1) is 0 Å². The van der Waals surface area contributed by atoms with Crippen LogP contribution in [0.15, 0.2) is 18.6 Å². The molecule has 0 bridgehead atoms. The SMILES string of the molecule is CCN(CC1CC1)C(=O)CNC(=O)C(NC(=O)c1cnccn1)C1CCCCC1. The minimum absolute atomic E-state index is 0.0381. The van der Waals surface area contributed by atoms with E-state index in [9.17, 15) is 14.4 Å². The summed E-state index contributed by atoms with van der Waals surface area (Å²) in [7, 11) is 0. The molecule has 1 heterocycles. The summed E-state index contributed by atoms with van der Waals surface area (Å²) in [5, 5.41) is 5.60. The maximum atomic E-state index is 12.9. The fourth-order valence-electron chi connectivity index (χ4n) is 3.90. The van der Waals surface area contributed by atoms with Crippen LogP contribution in [0.1, 0.15) is 62.4 Å². The second kappa shape index (κ2) is 10.3. The number of nitrogens with zero attached hydrogens (tertiary/aromatic N) is 3. The average molecular weight is 402 g/mol. The molecule has 0 aliphatic heterocycles. The number of hydrogen-bond donors (Lipinski definition) is 2. The van der Waals surface area contributed by atoms with Crippen LogP contribution in [0.3, 0.4) is 0 Å². The fourth-order valence-corrected chi connectivity index (χ4v) is 3.90. The summed E-state index contributed by atoms with van der Waals surface area (Å²) < 4.78 is 0. The van der Waals surface area contributed by atoms with Crippen molar-refractivity contribution >= 4 is 17.7 Å². The topological polar surface area (TPSA) is 104 Å². The Morgan fingerprint density at radius 1 is 1.14 bits per heavy atom. The van der Waals surface area contributed by atoms with Gasteiger partial charge in [0.15, 0.2) is 0 Å². The smallest absolute Gasteiger partial charge is 0.272 e. The van der Waals surface area contributed by atoms with Crippen LogP contribution in [0.25, 0.3) is 0 Å². The van der Waals surface area contributed by atoms with Gasteiger partial charge in [0.05, 0.1) is 12.7 Å². The summed E-state index contributed by atoms with van der Waals surface area (Å²) in [6.07, 6.45) is 11.7. The minimum Gasteiger partial charge on any atom is -0.345 e. The monoisotopic (exact) mass is 401 g/mol. The maximum Gasteiger partial charge on any atom is 0.272 e. The third kappa shape index (κ3) is 6.24. The van der Waals surface area contributed by atoms with Crippen LogP contribution in [0.4, 0.5) is 0 Å². The molecule has 29 heavy (non-hydrogen) atoms. The first kappa shape index (κ1) is 21.2. The summed E-state index contributed by atoms with van der Waals surface area (Å²) in [4.78, 5) is 47.7. The van der Waals surface area contributed by atoms with Crippen molar-refractivity contribution in [2.75, 3.05) is 19.6 Å². The lowest BCUT2D eigenvalue weighted by molar-refractivity contribution is -0.133. The fraction of sp³-hybridized carbons (Fsp3) is 0.667. The van der Waals surface area contributed by atoms with E-state index in [0.717, 1.165) is 38.6 Å². The highest BCUT2D eigenvalue weighted by Crippen LogP contribution is 2.29. The predicted molar refractivity (Wildman–Crippen MR) is 108 cm³/mol. The van der Waals surface area contributed by atoms with Crippen LogP contribution in [-0.2, 0) is 9.59 Å². The molecule has 0 aromatic carbocycles. The first-order chi connectivity index (χ1) is 14.1. The normalized spacial score (nSPS) is 18.0. The molecule has 0 radical (unpaired) electrons. The highest BCUT2D eigenvalue weighted by Gasteiger charge is 2.32. The second-order valence-corrected chi connectivity index (χ2v) is 8.03. The Kier molecular flexibility index (Phi) is 7.55. The van der Waals surface area contributed by atoms with Crippen molar-refractivity contribution in [2.45, 2.75) is 57.9 Å². The van der Waals surface area contributed by atoms with Gasteiger partial charge < -0.3 is 15.5 Å². The van der Waals surface area contributed by atoms with Crippen LogP contribution in [-0.4, -0.2) is 58.3 Å². The summed E-state index contributed by atoms with van der Waals surface area (Å²) in [5.74, 6) is -0.122. The lowest BCUT2D eigenvalue weighted by Gasteiger charge is -2.30. The molecule has 1 unspecified atom stereocenters. The second-order valence-electron chi connectivity index (χ2n) is 8.03. The van der Waals surface area contributed by atoms with Gasteiger partial charge in [-0.3, -0.25) is 19.4 Å². The van der Waals surface area contributed by atoms with Crippen LogP contribution in [0.5, 0.6) is 0 Å². The molecule has 2 aliphatic rings. The van der Waals surface area contributed by atoms with E-state index in [-0.39, 0.29) is 30.0 Å². The van der Waals surface area contributed by atoms with Crippen molar-refractivity contribution in [3.8, 4) is 0 Å². The van der Waals surface area contributed by atoms with Crippen molar-refractivity contribution in [3.63, 3.8) is 0 Å². The van der Waals surface area contributed by atoms with Gasteiger partial charge in [-0.25, -0.2) is 4.98 Å². The average Bonchev–Trinajstić information content (AvgIpc) is 3.59. The van der Waals surface area contributed by atoms with Crippen LogP contribution in [0.2, 0.25) is 0 Å². The van der Waals surface area contributed by atoms with E-state index >= 15 is 0 Å². The molecule has 158 valence electrons. The number of likely N-dealkylation sites (N-methyl/N-ethyl adjacent to an activating group) is 1. The number of nitrogens with one attached hydrogen (secondary N) is 2. The van der Waals surface area contributed by atoms with Crippen LogP contribution < -0.4 is 10.6 Å². The minimum atomic E-state index is -0.670. The highest BCUT2D eigenvalue weighted by atomic mass is 16.2. The Bertz CT molecular complexity index is 702. The molecular weight excluding hydrogens is 370 g/mol. The van der Waals surface area contributed by atoms with Gasteiger partial charge in [-0.05, 0) is 44.4 Å². The predicted octanol–water partition coefficient (Wildman–Crippen LogP) is 1.53. The first-order valence-electron chi connectivity index (χ1n) is 10.7. The van der Waals surface area contributed by atoms with Crippen molar-refractivity contribution in [1.29, 1.82) is 0 Å². The first-order valence-corrected chi connectivity index (χ1v) is 10.7. The zero-order valence-electron chi connectivity index (χ0n) is 17.1. The molecule has 2 N–H and O–H groups in total. The molecule has 2 saturated carbocycles. The van der Waals surface area contributed by atoms with Gasteiger partial charge in [-0.1, -0.05) is 19.3 Å². The van der Waals surface area contributed by atoms with E-state index in [2.05, 4.69) is 20.6 Å². The van der Waals surface area contributed by atoms with Gasteiger partial charge >= 0.3 is 0 Å². The number of amides is 3. The number of rotatable bonds is 9. The molecule has 3 amide bonds. The quantitative estimate of drug-likeness (QED) is 0.653. The Hall–Kier alpha value is -2.51. The molecule has 8 nitrogen and oxygen atoms in total. The number of carbonyl (C=O) groups is 3. The third-order valence-electron chi connectivity index (χ3n) is 5.81. The van der Waals surface area contributed by atoms with Crippen molar-refractivity contribution < 1.29 is 14.4 Å². The Morgan fingerprint density at radius 3 is 2.52 bits per heavy atom. The molecule has 1 aromatic rings. The molecule has 0 spiro atoms. The third-order valence-corrected chi connectivity index (χ3v) is 5.81. The molecule has 1 atom stereocenters. The van der Waals surface area contributed by atoms with Crippen LogP contribution >= 0.6 is 0 Å². The summed E-state index contributed by atoms with van der Waals surface area (Å²) in [6, 6.07) is -0.670. The largest absolute Gasteiger partial charge is 0.345 e. The van der Waals surface area contributed by atoms with Gasteiger partial charge in [-0.2, -0.15) is 0 Å². The summed E-state index contributed by atoms with van der Waals surface area (Å²) in [5.41, 5.74) is 0.179. The molecule has 3 rings (SSSR count). The molecular formula is C21H31N5O3. The van der Waals surface area contributed by atoms with E-state index in [1.54, 1.807) is 4.90 Å². The van der Waals surface area contributed by atoms with E-state index < -0.39 is 11.9 Å². The molecule has 8 heteroatoms. The Morgan fingerprint density at radius 2 is 1.90 bits per heavy atom. The molecule has 2 aliphatic carbocycles. The number of hydrogen-bond acceptors (Lipinski definition) is 5. The zero-order valence-corrected chi connectivity index (χ0v) is 17.1. The highest BCUT2D eigenvalue weighted by molar-refractivity contribution is 5.96. The van der Waals surface area contributed by atoms with Crippen LogP contribution in [0, 0.1) is 11.8 Å². The lowest BCUT2D eigenvalue weighted by atomic mass is 9.83. The number of aromatic nitrogens is 2. The summed E-state index contributed by atoms with van der Waals surface area (Å²) in [6.45, 7) is 3.32. The van der Waals surface area contributed by atoms with Crippen molar-refractivity contribution in [1.82, 2.24) is 25.5 Å². The zero-order chi connectivity index (χ0) is 20.6. The van der Waals surface area contributed by atoms with Crippen molar-refractivity contribution in [2.24, 2.45) is 11.8 Å². The van der Waals surface area contributed by atoms with Gasteiger partial charge in [0.25, 0.3) is 5.91 Å². The lowest BCUT2D eigenvalue weighted by Crippen LogP contribution is -2.53. The standard InChI is InChI=1S/C21H31N5O3/c1-2-26(14-15-8-9-15)18(27)13-24-21(29)19(16-6-4-3-5-7-16)25-20(28)17-12-22-10-11-23-17/h10-12,15-16,19H,2-9,13-14H2,1H3,(H,24,29)(H,25,28). The van der Waals surface area contributed by atoms with Gasteiger partial charge in [0, 0.05) is 25.5 Å².